The van der Waals surface area contributed by atoms with Crippen LogP contribution in [0.15, 0.2) is 48.5 Å². The predicted octanol–water partition coefficient (Wildman–Crippen LogP) is 4.05. The first kappa shape index (κ1) is 20.2. The second kappa shape index (κ2) is 9.11. The number of amides is 1. The molecule has 0 aromatic heterocycles. The maximum Gasteiger partial charge on any atom is 0.241 e. The Bertz CT molecular complexity index is 800. The van der Waals surface area contributed by atoms with E-state index < -0.39 is 0 Å². The number of benzene rings is 2. The normalized spacial score (nSPS) is 17.2. The van der Waals surface area contributed by atoms with Crippen LogP contribution in [0.25, 0.3) is 0 Å². The molecule has 3 rings (SSSR count). The second-order valence-electron chi connectivity index (χ2n) is 7.57. The molecule has 28 heavy (non-hydrogen) atoms. The van der Waals surface area contributed by atoms with Gasteiger partial charge in [0.15, 0.2) is 0 Å². The molecule has 5 nitrogen and oxygen atoms in total. The van der Waals surface area contributed by atoms with Crippen LogP contribution < -0.4 is 10.2 Å². The van der Waals surface area contributed by atoms with Crippen molar-refractivity contribution in [2.24, 2.45) is 0 Å². The van der Waals surface area contributed by atoms with Crippen molar-refractivity contribution in [1.82, 2.24) is 4.90 Å². The third kappa shape index (κ3) is 4.47. The molecule has 1 heterocycles. The molecule has 0 spiro atoms. The second-order valence-corrected chi connectivity index (χ2v) is 7.57. The van der Waals surface area contributed by atoms with Gasteiger partial charge in [0, 0.05) is 31.9 Å². The number of phenols is 1. The maximum atomic E-state index is 12.9. The van der Waals surface area contributed by atoms with Crippen molar-refractivity contribution in [3.05, 3.63) is 54.1 Å². The van der Waals surface area contributed by atoms with Gasteiger partial charge >= 0.3 is 0 Å². The number of hydrogen-bond donors (Lipinski definition) is 2. The summed E-state index contributed by atoms with van der Waals surface area (Å²) in [7, 11) is 0. The highest BCUT2D eigenvalue weighted by molar-refractivity contribution is 5.95. The fraction of sp³-hybridized carbons (Fsp3) is 0.435. The fourth-order valence-electron chi connectivity index (χ4n) is 3.75. The Morgan fingerprint density at radius 1 is 1.04 bits per heavy atom. The lowest BCUT2D eigenvalue weighted by molar-refractivity contribution is -0.120. The molecule has 0 unspecified atom stereocenters. The van der Waals surface area contributed by atoms with Crippen LogP contribution in [0.4, 0.5) is 11.4 Å². The van der Waals surface area contributed by atoms with E-state index in [9.17, 15) is 9.90 Å². The fourth-order valence-corrected chi connectivity index (χ4v) is 3.75. The van der Waals surface area contributed by atoms with E-state index in [1.807, 2.05) is 43.3 Å². The standard InChI is InChI=1S/C23H31N3O2/c1-4-17(2)19-9-5-6-10-20(19)24-23(28)18(3)25-13-15-26(16-14-25)21-11-7-8-12-22(21)27/h5-12,17-18,27H,4,13-16H2,1-3H3,(H,24,28)/t17-,18+/m1/s1. The summed E-state index contributed by atoms with van der Waals surface area (Å²) in [6.07, 6.45) is 1.04. The zero-order valence-corrected chi connectivity index (χ0v) is 17.1. The summed E-state index contributed by atoms with van der Waals surface area (Å²) in [5.41, 5.74) is 2.97. The third-order valence-corrected chi connectivity index (χ3v) is 5.83. The van der Waals surface area contributed by atoms with Gasteiger partial charge in [-0.15, -0.1) is 0 Å². The lowest BCUT2D eigenvalue weighted by Gasteiger charge is -2.38. The van der Waals surface area contributed by atoms with Crippen LogP contribution in [0.1, 0.15) is 38.7 Å². The molecule has 1 aliphatic heterocycles. The first-order chi connectivity index (χ1) is 13.5. The zero-order valence-electron chi connectivity index (χ0n) is 17.1. The van der Waals surface area contributed by atoms with Crippen molar-refractivity contribution in [2.45, 2.75) is 39.2 Å². The SMILES string of the molecule is CC[C@@H](C)c1ccccc1NC(=O)[C@H](C)N1CCN(c2ccccc2O)CC1. The molecule has 2 atom stereocenters. The van der Waals surface area contributed by atoms with E-state index in [0.717, 1.165) is 44.0 Å². The summed E-state index contributed by atoms with van der Waals surface area (Å²) in [5.74, 6) is 0.754. The number of piperazine rings is 1. The summed E-state index contributed by atoms with van der Waals surface area (Å²) in [5, 5.41) is 13.2. The van der Waals surface area contributed by atoms with Gasteiger partial charge in [-0.05, 0) is 43.0 Å². The minimum absolute atomic E-state index is 0.0340. The van der Waals surface area contributed by atoms with Crippen molar-refractivity contribution < 1.29 is 9.90 Å². The van der Waals surface area contributed by atoms with Crippen molar-refractivity contribution >= 4 is 17.3 Å². The quantitative estimate of drug-likeness (QED) is 0.792. The highest BCUT2D eigenvalue weighted by atomic mass is 16.3. The molecule has 1 aliphatic rings. The first-order valence-electron chi connectivity index (χ1n) is 10.2. The molecular weight excluding hydrogens is 350 g/mol. The third-order valence-electron chi connectivity index (χ3n) is 5.83. The van der Waals surface area contributed by atoms with Gasteiger partial charge in [-0.1, -0.05) is 44.2 Å². The molecule has 2 aromatic carbocycles. The number of nitrogens with one attached hydrogen (secondary N) is 1. The van der Waals surface area contributed by atoms with E-state index in [-0.39, 0.29) is 11.9 Å². The van der Waals surface area contributed by atoms with Gasteiger partial charge in [0.25, 0.3) is 0 Å². The zero-order chi connectivity index (χ0) is 20.1. The molecule has 0 bridgehead atoms. The molecule has 2 N–H and O–H groups in total. The number of rotatable bonds is 6. The smallest absolute Gasteiger partial charge is 0.241 e. The van der Waals surface area contributed by atoms with Crippen molar-refractivity contribution in [1.29, 1.82) is 0 Å². The highest BCUT2D eigenvalue weighted by Gasteiger charge is 2.27. The predicted molar refractivity (Wildman–Crippen MR) is 115 cm³/mol. The van der Waals surface area contributed by atoms with Crippen LogP contribution >= 0.6 is 0 Å². The summed E-state index contributed by atoms with van der Waals surface area (Å²) < 4.78 is 0. The number of hydrogen-bond acceptors (Lipinski definition) is 4. The highest BCUT2D eigenvalue weighted by Crippen LogP contribution is 2.28. The molecule has 0 radical (unpaired) electrons. The molecule has 1 saturated heterocycles. The van der Waals surface area contributed by atoms with Crippen LogP contribution in [0.3, 0.4) is 0 Å². The number of nitrogens with zero attached hydrogens (tertiary/aromatic N) is 2. The van der Waals surface area contributed by atoms with E-state index in [4.69, 9.17) is 0 Å². The van der Waals surface area contributed by atoms with E-state index >= 15 is 0 Å². The number of carbonyl (C=O) groups is 1. The van der Waals surface area contributed by atoms with Crippen LogP contribution in [-0.2, 0) is 4.79 Å². The van der Waals surface area contributed by atoms with E-state index in [2.05, 4.69) is 35.0 Å². The summed E-state index contributed by atoms with van der Waals surface area (Å²) in [4.78, 5) is 17.3. The van der Waals surface area contributed by atoms with Gasteiger partial charge in [-0.25, -0.2) is 0 Å². The van der Waals surface area contributed by atoms with Gasteiger partial charge < -0.3 is 15.3 Å². The van der Waals surface area contributed by atoms with Gasteiger partial charge in [0.2, 0.25) is 5.91 Å². The maximum absolute atomic E-state index is 12.9. The van der Waals surface area contributed by atoms with Gasteiger partial charge in [0.05, 0.1) is 11.7 Å². The van der Waals surface area contributed by atoms with Gasteiger partial charge in [-0.3, -0.25) is 9.69 Å². The average molecular weight is 382 g/mol. The number of para-hydroxylation sites is 3. The molecule has 0 saturated carbocycles. The van der Waals surface area contributed by atoms with Gasteiger partial charge in [-0.2, -0.15) is 0 Å². The number of phenolic OH excluding ortho intramolecular Hbond substituents is 1. The molecule has 150 valence electrons. The van der Waals surface area contributed by atoms with Crippen LogP contribution in [0, 0.1) is 0 Å². The number of anilines is 2. The van der Waals surface area contributed by atoms with E-state index in [0.29, 0.717) is 11.7 Å². The number of aromatic hydroxyl groups is 1. The van der Waals surface area contributed by atoms with Crippen LogP contribution in [0.5, 0.6) is 5.75 Å². The first-order valence-corrected chi connectivity index (χ1v) is 10.2. The van der Waals surface area contributed by atoms with Crippen molar-refractivity contribution in [3.63, 3.8) is 0 Å². The minimum atomic E-state index is -0.198. The average Bonchev–Trinajstić information content (AvgIpc) is 2.73. The Labute approximate surface area is 168 Å². The van der Waals surface area contributed by atoms with Crippen LogP contribution in [0.2, 0.25) is 0 Å². The van der Waals surface area contributed by atoms with E-state index in [1.165, 1.54) is 5.56 Å². The summed E-state index contributed by atoms with van der Waals surface area (Å²) in [6, 6.07) is 15.3. The monoisotopic (exact) mass is 381 g/mol. The molecule has 0 aliphatic carbocycles. The molecule has 1 amide bonds. The lowest BCUT2D eigenvalue weighted by atomic mass is 9.97. The minimum Gasteiger partial charge on any atom is -0.506 e. The Morgan fingerprint density at radius 3 is 2.36 bits per heavy atom. The lowest BCUT2D eigenvalue weighted by Crippen LogP contribution is -2.52. The van der Waals surface area contributed by atoms with E-state index in [1.54, 1.807) is 6.07 Å². The molecule has 2 aromatic rings. The topological polar surface area (TPSA) is 55.8 Å². The van der Waals surface area contributed by atoms with Crippen LogP contribution in [-0.4, -0.2) is 48.1 Å². The Balaban J connectivity index is 1.60. The molecule has 1 fully saturated rings. The summed E-state index contributed by atoms with van der Waals surface area (Å²) >= 11 is 0. The van der Waals surface area contributed by atoms with Crippen molar-refractivity contribution in [2.75, 3.05) is 36.4 Å². The van der Waals surface area contributed by atoms with Gasteiger partial charge in [0.1, 0.15) is 5.75 Å². The Hall–Kier alpha value is -2.53. The Kier molecular flexibility index (Phi) is 6.57. The Morgan fingerprint density at radius 2 is 1.68 bits per heavy atom. The summed E-state index contributed by atoms with van der Waals surface area (Å²) in [6.45, 7) is 9.47. The molecule has 5 heteroatoms. The largest absolute Gasteiger partial charge is 0.506 e. The van der Waals surface area contributed by atoms with Crippen molar-refractivity contribution in [3.8, 4) is 5.75 Å². The molecular formula is C23H31N3O2. The number of carbonyl (C=O) groups excluding carboxylic acids is 1.